The highest BCUT2D eigenvalue weighted by atomic mass is 16.5. The predicted octanol–water partition coefficient (Wildman–Crippen LogP) is 2.98. The van der Waals surface area contributed by atoms with Gasteiger partial charge in [0.2, 0.25) is 0 Å². The molecule has 1 N–H and O–H groups in total. The Bertz CT molecular complexity index is 638. The number of likely N-dealkylation sites (tertiary alicyclic amines) is 1. The van der Waals surface area contributed by atoms with Crippen molar-refractivity contribution in [3.63, 3.8) is 0 Å². The molecule has 5 nitrogen and oxygen atoms in total. The molecular weight excluding hydrogens is 278 g/mol. The van der Waals surface area contributed by atoms with E-state index in [-0.39, 0.29) is 5.91 Å². The summed E-state index contributed by atoms with van der Waals surface area (Å²) in [6.07, 6.45) is 5.98. The smallest absolute Gasteiger partial charge is 0.253 e. The molecule has 2 heterocycles. The van der Waals surface area contributed by atoms with Crippen molar-refractivity contribution in [2.45, 2.75) is 38.7 Å². The Morgan fingerprint density at radius 2 is 2.32 bits per heavy atom. The minimum absolute atomic E-state index is 0.104. The summed E-state index contributed by atoms with van der Waals surface area (Å²) in [5.41, 5.74) is 2.52. The van der Waals surface area contributed by atoms with Gasteiger partial charge in [-0.1, -0.05) is 6.92 Å². The van der Waals surface area contributed by atoms with Gasteiger partial charge in [0.25, 0.3) is 5.91 Å². The number of benzene rings is 1. The second kappa shape index (κ2) is 6.92. The molecule has 1 aliphatic rings. The van der Waals surface area contributed by atoms with Crippen LogP contribution in [0, 0.1) is 0 Å². The molecule has 0 spiro atoms. The van der Waals surface area contributed by atoms with Crippen LogP contribution in [0.5, 0.6) is 0 Å². The average molecular weight is 301 g/mol. The van der Waals surface area contributed by atoms with Crippen molar-refractivity contribution >= 4 is 16.9 Å². The van der Waals surface area contributed by atoms with Gasteiger partial charge in [-0.3, -0.25) is 4.79 Å². The number of imidazole rings is 1. The number of nitrogens with one attached hydrogen (secondary N) is 1. The van der Waals surface area contributed by atoms with Crippen molar-refractivity contribution in [2.24, 2.45) is 0 Å². The summed E-state index contributed by atoms with van der Waals surface area (Å²) in [7, 11) is 0. The fourth-order valence-corrected chi connectivity index (χ4v) is 2.97. The first-order valence-electron chi connectivity index (χ1n) is 8.12. The zero-order valence-corrected chi connectivity index (χ0v) is 13.0. The van der Waals surface area contributed by atoms with E-state index in [4.69, 9.17) is 4.74 Å². The summed E-state index contributed by atoms with van der Waals surface area (Å²) in [5.74, 6) is 0.104. The maximum Gasteiger partial charge on any atom is 0.253 e. The van der Waals surface area contributed by atoms with Crippen LogP contribution in [-0.2, 0) is 4.74 Å². The largest absolute Gasteiger partial charge is 0.378 e. The lowest BCUT2D eigenvalue weighted by atomic mass is 10.1. The number of rotatable bonds is 4. The fourth-order valence-electron chi connectivity index (χ4n) is 2.97. The molecule has 22 heavy (non-hydrogen) atoms. The Kier molecular flexibility index (Phi) is 4.73. The van der Waals surface area contributed by atoms with Gasteiger partial charge in [-0.25, -0.2) is 4.98 Å². The molecule has 1 atom stereocenters. The van der Waals surface area contributed by atoms with Crippen LogP contribution in [0.15, 0.2) is 24.5 Å². The highest BCUT2D eigenvalue weighted by molar-refractivity contribution is 5.97. The maximum atomic E-state index is 12.7. The van der Waals surface area contributed by atoms with Crippen LogP contribution in [0.3, 0.4) is 0 Å². The molecule has 1 fully saturated rings. The van der Waals surface area contributed by atoms with Gasteiger partial charge in [-0.15, -0.1) is 0 Å². The van der Waals surface area contributed by atoms with Crippen LogP contribution in [0.2, 0.25) is 0 Å². The fraction of sp³-hybridized carbons (Fsp3) is 0.529. The first-order chi connectivity index (χ1) is 10.8. The minimum atomic E-state index is 0.104. The normalized spacial score (nSPS) is 19.3. The Morgan fingerprint density at radius 3 is 3.18 bits per heavy atom. The Morgan fingerprint density at radius 1 is 1.41 bits per heavy atom. The topological polar surface area (TPSA) is 58.2 Å². The van der Waals surface area contributed by atoms with Crippen LogP contribution >= 0.6 is 0 Å². The molecule has 118 valence electrons. The summed E-state index contributed by atoms with van der Waals surface area (Å²) in [6, 6.07) is 5.64. The monoisotopic (exact) mass is 301 g/mol. The third-order valence-electron chi connectivity index (χ3n) is 4.19. The van der Waals surface area contributed by atoms with Crippen molar-refractivity contribution in [1.29, 1.82) is 0 Å². The molecule has 3 rings (SSSR count). The van der Waals surface area contributed by atoms with E-state index >= 15 is 0 Å². The number of fused-ring (bicyclic) bond motifs is 1. The lowest BCUT2D eigenvalue weighted by molar-refractivity contribution is 0.0432. The first-order valence-corrected chi connectivity index (χ1v) is 8.12. The van der Waals surface area contributed by atoms with Crippen LogP contribution < -0.4 is 0 Å². The second-order valence-electron chi connectivity index (χ2n) is 5.85. The molecule has 2 aromatic rings. The third-order valence-corrected chi connectivity index (χ3v) is 4.19. The number of aromatic nitrogens is 2. The molecule has 5 heteroatoms. The van der Waals surface area contributed by atoms with Gasteiger partial charge in [0, 0.05) is 25.3 Å². The van der Waals surface area contributed by atoms with E-state index in [1.807, 2.05) is 23.1 Å². The molecule has 1 saturated heterocycles. The number of nitrogens with zero attached hydrogens (tertiary/aromatic N) is 2. The molecular formula is C17H23N3O2. The van der Waals surface area contributed by atoms with Crippen LogP contribution in [-0.4, -0.2) is 46.6 Å². The Labute approximate surface area is 130 Å². The van der Waals surface area contributed by atoms with E-state index in [1.54, 1.807) is 6.33 Å². The summed E-state index contributed by atoms with van der Waals surface area (Å²) >= 11 is 0. The maximum absolute atomic E-state index is 12.7. The summed E-state index contributed by atoms with van der Waals surface area (Å²) < 4.78 is 5.84. The average Bonchev–Trinajstić information content (AvgIpc) is 2.89. The molecule has 1 aromatic carbocycles. The molecule has 1 aliphatic heterocycles. The standard InChI is InChI=1S/C17H23N3O2/c1-2-10-22-14-4-3-8-20(9-7-14)17(21)13-5-6-15-16(11-13)19-12-18-15/h5-6,11-12,14H,2-4,7-10H2,1H3,(H,18,19). The summed E-state index contributed by atoms with van der Waals surface area (Å²) in [4.78, 5) is 21.9. The van der Waals surface area contributed by atoms with Gasteiger partial charge in [-0.05, 0) is 43.9 Å². The molecule has 1 unspecified atom stereocenters. The predicted molar refractivity (Wildman–Crippen MR) is 85.9 cm³/mol. The molecule has 0 aliphatic carbocycles. The number of carbonyl (C=O) groups excluding carboxylic acids is 1. The summed E-state index contributed by atoms with van der Waals surface area (Å²) in [6.45, 7) is 4.52. The van der Waals surface area contributed by atoms with E-state index in [9.17, 15) is 4.79 Å². The Balaban J connectivity index is 1.66. The number of carbonyl (C=O) groups is 1. The molecule has 1 aromatic heterocycles. The number of amides is 1. The van der Waals surface area contributed by atoms with Crippen LogP contribution in [0.1, 0.15) is 43.0 Å². The number of ether oxygens (including phenoxy) is 1. The third kappa shape index (κ3) is 3.30. The van der Waals surface area contributed by atoms with Gasteiger partial charge >= 0.3 is 0 Å². The number of aromatic amines is 1. The highest BCUT2D eigenvalue weighted by Crippen LogP contribution is 2.18. The number of hydrogen-bond donors (Lipinski definition) is 1. The van der Waals surface area contributed by atoms with Gasteiger partial charge in [-0.2, -0.15) is 0 Å². The van der Waals surface area contributed by atoms with E-state index in [2.05, 4.69) is 16.9 Å². The molecule has 1 amide bonds. The second-order valence-corrected chi connectivity index (χ2v) is 5.85. The Hall–Kier alpha value is -1.88. The zero-order valence-electron chi connectivity index (χ0n) is 13.0. The number of H-pyrrole nitrogens is 1. The summed E-state index contributed by atoms with van der Waals surface area (Å²) in [5, 5.41) is 0. The van der Waals surface area contributed by atoms with Crippen molar-refractivity contribution in [3.8, 4) is 0 Å². The molecule has 0 radical (unpaired) electrons. The lowest BCUT2D eigenvalue weighted by Gasteiger charge is -2.20. The lowest BCUT2D eigenvalue weighted by Crippen LogP contribution is -2.32. The van der Waals surface area contributed by atoms with Crippen molar-refractivity contribution in [3.05, 3.63) is 30.1 Å². The van der Waals surface area contributed by atoms with Gasteiger partial charge < -0.3 is 14.6 Å². The van der Waals surface area contributed by atoms with Crippen LogP contribution in [0.25, 0.3) is 11.0 Å². The van der Waals surface area contributed by atoms with E-state index in [0.29, 0.717) is 6.10 Å². The first kappa shape index (κ1) is 15.0. The van der Waals surface area contributed by atoms with Crippen molar-refractivity contribution in [1.82, 2.24) is 14.9 Å². The minimum Gasteiger partial charge on any atom is -0.378 e. The highest BCUT2D eigenvalue weighted by Gasteiger charge is 2.22. The quantitative estimate of drug-likeness (QED) is 0.944. The van der Waals surface area contributed by atoms with E-state index in [1.165, 1.54) is 0 Å². The van der Waals surface area contributed by atoms with Crippen molar-refractivity contribution in [2.75, 3.05) is 19.7 Å². The SMILES string of the molecule is CCCOC1CCCN(C(=O)c2ccc3nc[nH]c3c2)CC1. The van der Waals surface area contributed by atoms with Gasteiger partial charge in [0.15, 0.2) is 0 Å². The van der Waals surface area contributed by atoms with E-state index < -0.39 is 0 Å². The molecule has 0 bridgehead atoms. The zero-order chi connectivity index (χ0) is 15.4. The van der Waals surface area contributed by atoms with Gasteiger partial charge in [0.1, 0.15) is 0 Å². The number of hydrogen-bond acceptors (Lipinski definition) is 3. The van der Waals surface area contributed by atoms with Crippen LogP contribution in [0.4, 0.5) is 0 Å². The molecule has 0 saturated carbocycles. The van der Waals surface area contributed by atoms with E-state index in [0.717, 1.165) is 62.0 Å². The van der Waals surface area contributed by atoms with Gasteiger partial charge in [0.05, 0.1) is 23.5 Å². The van der Waals surface area contributed by atoms with Crippen molar-refractivity contribution < 1.29 is 9.53 Å².